The number of hydrogen-bond acceptors (Lipinski definition) is 5. The fourth-order valence-corrected chi connectivity index (χ4v) is 2.49. The molecule has 1 aliphatic heterocycles. The number of aliphatic hydroxyl groups is 3. The van der Waals surface area contributed by atoms with Gasteiger partial charge in [0, 0.05) is 6.61 Å². The van der Waals surface area contributed by atoms with Crippen LogP contribution < -0.4 is 0 Å². The van der Waals surface area contributed by atoms with E-state index in [-0.39, 0.29) is 13.2 Å². The van der Waals surface area contributed by atoms with E-state index in [0.717, 1.165) is 19.3 Å². The Morgan fingerprint density at radius 3 is 2.50 bits per heavy atom. The lowest BCUT2D eigenvalue weighted by atomic mass is 10.0. The number of allylic oxidation sites excluding steroid dienone is 2. The summed E-state index contributed by atoms with van der Waals surface area (Å²) in [5.74, 6) is 0. The SMILES string of the molecule is CC/C=C/CCCCCCCOC[C@H]1OC[C@H](O)[C@@H](O)[C@@H]1O. The molecule has 0 unspecified atom stereocenters. The third kappa shape index (κ3) is 7.70. The number of ether oxygens (including phenoxy) is 2. The number of aliphatic hydroxyl groups excluding tert-OH is 3. The summed E-state index contributed by atoms with van der Waals surface area (Å²) in [7, 11) is 0. The maximum atomic E-state index is 9.75. The first kappa shape index (κ1) is 19.6. The van der Waals surface area contributed by atoms with Crippen LogP contribution >= 0.6 is 0 Å². The molecule has 4 atom stereocenters. The zero-order valence-electron chi connectivity index (χ0n) is 13.7. The van der Waals surface area contributed by atoms with E-state index in [9.17, 15) is 15.3 Å². The molecule has 1 heterocycles. The van der Waals surface area contributed by atoms with Gasteiger partial charge in [0.05, 0.1) is 13.2 Å². The fourth-order valence-electron chi connectivity index (χ4n) is 2.49. The zero-order chi connectivity index (χ0) is 16.2. The van der Waals surface area contributed by atoms with E-state index >= 15 is 0 Å². The van der Waals surface area contributed by atoms with E-state index in [1.807, 2.05) is 0 Å². The molecule has 1 rings (SSSR count). The van der Waals surface area contributed by atoms with Crippen LogP contribution in [-0.4, -0.2) is 59.6 Å². The van der Waals surface area contributed by atoms with Crippen molar-refractivity contribution in [3.8, 4) is 0 Å². The molecule has 0 amide bonds. The second-order valence-electron chi connectivity index (χ2n) is 5.93. The zero-order valence-corrected chi connectivity index (χ0v) is 13.7. The number of hydrogen-bond donors (Lipinski definition) is 3. The first-order chi connectivity index (χ1) is 10.7. The van der Waals surface area contributed by atoms with Crippen LogP contribution in [0.4, 0.5) is 0 Å². The van der Waals surface area contributed by atoms with Crippen molar-refractivity contribution in [1.29, 1.82) is 0 Å². The van der Waals surface area contributed by atoms with E-state index in [0.29, 0.717) is 6.61 Å². The smallest absolute Gasteiger partial charge is 0.111 e. The molecule has 0 spiro atoms. The van der Waals surface area contributed by atoms with Crippen LogP contribution in [0.2, 0.25) is 0 Å². The third-order valence-electron chi connectivity index (χ3n) is 3.95. The summed E-state index contributed by atoms with van der Waals surface area (Å²) in [5, 5.41) is 28.6. The summed E-state index contributed by atoms with van der Waals surface area (Å²) in [6, 6.07) is 0. The highest BCUT2D eigenvalue weighted by atomic mass is 16.6. The Morgan fingerprint density at radius 1 is 1.00 bits per heavy atom. The van der Waals surface area contributed by atoms with Gasteiger partial charge >= 0.3 is 0 Å². The van der Waals surface area contributed by atoms with Gasteiger partial charge < -0.3 is 24.8 Å². The molecule has 1 aliphatic rings. The molecule has 0 aromatic heterocycles. The van der Waals surface area contributed by atoms with Crippen LogP contribution in [0.1, 0.15) is 51.9 Å². The van der Waals surface area contributed by atoms with Crippen molar-refractivity contribution in [3.63, 3.8) is 0 Å². The van der Waals surface area contributed by atoms with Crippen LogP contribution in [-0.2, 0) is 9.47 Å². The minimum Gasteiger partial charge on any atom is -0.388 e. The highest BCUT2D eigenvalue weighted by molar-refractivity contribution is 4.86. The average molecular weight is 316 g/mol. The van der Waals surface area contributed by atoms with Gasteiger partial charge in [0.1, 0.15) is 24.4 Å². The first-order valence-electron chi connectivity index (χ1n) is 8.55. The molecule has 0 radical (unpaired) electrons. The Morgan fingerprint density at radius 2 is 1.73 bits per heavy atom. The molecule has 5 heteroatoms. The Bertz CT molecular complexity index is 295. The second-order valence-corrected chi connectivity index (χ2v) is 5.93. The van der Waals surface area contributed by atoms with Crippen molar-refractivity contribution in [2.45, 2.75) is 76.3 Å². The third-order valence-corrected chi connectivity index (χ3v) is 3.95. The molecule has 0 aromatic carbocycles. The van der Waals surface area contributed by atoms with E-state index in [4.69, 9.17) is 9.47 Å². The molecule has 130 valence electrons. The maximum absolute atomic E-state index is 9.75. The van der Waals surface area contributed by atoms with Gasteiger partial charge in [0.25, 0.3) is 0 Å². The summed E-state index contributed by atoms with van der Waals surface area (Å²) in [6.45, 7) is 3.09. The summed E-state index contributed by atoms with van der Waals surface area (Å²) in [6.07, 6.45) is 8.83. The van der Waals surface area contributed by atoms with Gasteiger partial charge in [-0.25, -0.2) is 0 Å². The van der Waals surface area contributed by atoms with Gasteiger partial charge in [-0.05, 0) is 25.7 Å². The van der Waals surface area contributed by atoms with Crippen LogP contribution in [0, 0.1) is 0 Å². The highest BCUT2D eigenvalue weighted by Crippen LogP contribution is 2.16. The van der Waals surface area contributed by atoms with Gasteiger partial charge in [-0.3, -0.25) is 0 Å². The summed E-state index contributed by atoms with van der Waals surface area (Å²) < 4.78 is 10.8. The number of unbranched alkanes of at least 4 members (excludes halogenated alkanes) is 5. The minimum atomic E-state index is -1.15. The van der Waals surface area contributed by atoms with E-state index in [1.54, 1.807) is 0 Å². The Labute approximate surface area is 133 Å². The summed E-state index contributed by atoms with van der Waals surface area (Å²) in [5.41, 5.74) is 0. The van der Waals surface area contributed by atoms with E-state index in [1.165, 1.54) is 25.7 Å². The molecule has 1 fully saturated rings. The molecule has 0 saturated carbocycles. The predicted molar refractivity (Wildman–Crippen MR) is 85.7 cm³/mol. The summed E-state index contributed by atoms with van der Waals surface area (Å²) >= 11 is 0. The van der Waals surface area contributed by atoms with Gasteiger partial charge in [0.2, 0.25) is 0 Å². The average Bonchev–Trinajstić information content (AvgIpc) is 2.52. The molecule has 0 aliphatic carbocycles. The topological polar surface area (TPSA) is 79.2 Å². The Balaban J connectivity index is 1.92. The number of rotatable bonds is 11. The van der Waals surface area contributed by atoms with Crippen molar-refractivity contribution in [2.24, 2.45) is 0 Å². The monoisotopic (exact) mass is 316 g/mol. The van der Waals surface area contributed by atoms with Crippen LogP contribution in [0.5, 0.6) is 0 Å². The van der Waals surface area contributed by atoms with Gasteiger partial charge in [-0.15, -0.1) is 0 Å². The van der Waals surface area contributed by atoms with E-state index < -0.39 is 24.4 Å². The first-order valence-corrected chi connectivity index (χ1v) is 8.55. The quantitative estimate of drug-likeness (QED) is 0.400. The Kier molecular flexibility index (Phi) is 10.7. The molecule has 0 bridgehead atoms. The lowest BCUT2D eigenvalue weighted by Crippen LogP contribution is -2.54. The van der Waals surface area contributed by atoms with Crippen LogP contribution in [0.3, 0.4) is 0 Å². The molecule has 0 aromatic rings. The van der Waals surface area contributed by atoms with E-state index in [2.05, 4.69) is 19.1 Å². The molecular formula is C17H32O5. The van der Waals surface area contributed by atoms with Gasteiger partial charge in [0.15, 0.2) is 0 Å². The summed E-state index contributed by atoms with van der Waals surface area (Å²) in [4.78, 5) is 0. The fraction of sp³-hybridized carbons (Fsp3) is 0.882. The lowest BCUT2D eigenvalue weighted by Gasteiger charge is -2.35. The van der Waals surface area contributed by atoms with Crippen LogP contribution in [0.15, 0.2) is 12.2 Å². The highest BCUT2D eigenvalue weighted by Gasteiger charge is 2.37. The molecule has 22 heavy (non-hydrogen) atoms. The molecule has 5 nitrogen and oxygen atoms in total. The van der Waals surface area contributed by atoms with Crippen molar-refractivity contribution < 1.29 is 24.8 Å². The largest absolute Gasteiger partial charge is 0.388 e. The van der Waals surface area contributed by atoms with Crippen molar-refractivity contribution in [1.82, 2.24) is 0 Å². The van der Waals surface area contributed by atoms with Gasteiger partial charge in [-0.2, -0.15) is 0 Å². The van der Waals surface area contributed by atoms with Crippen molar-refractivity contribution in [2.75, 3.05) is 19.8 Å². The Hall–Kier alpha value is -0.460. The van der Waals surface area contributed by atoms with Gasteiger partial charge in [-0.1, -0.05) is 38.3 Å². The maximum Gasteiger partial charge on any atom is 0.111 e. The molecular weight excluding hydrogens is 284 g/mol. The minimum absolute atomic E-state index is 0.0404. The predicted octanol–water partition coefficient (Wildman–Crippen LogP) is 1.79. The standard InChI is InChI=1S/C17H32O5/c1-2-3-4-5-6-7-8-9-10-11-21-13-15-17(20)16(19)14(18)12-22-15/h3-4,14-20H,2,5-13H2,1H3/b4-3+/t14-,15+,16+,17+/m0/s1. The molecule has 3 N–H and O–H groups in total. The van der Waals surface area contributed by atoms with Crippen LogP contribution in [0.25, 0.3) is 0 Å². The second kappa shape index (κ2) is 12.0. The van der Waals surface area contributed by atoms with Crippen molar-refractivity contribution >= 4 is 0 Å². The normalized spacial score (nSPS) is 29.3. The lowest BCUT2D eigenvalue weighted by molar-refractivity contribution is -0.199. The van der Waals surface area contributed by atoms with Crippen molar-refractivity contribution in [3.05, 3.63) is 12.2 Å². The molecule has 1 saturated heterocycles.